The third kappa shape index (κ3) is 4.09. The molecule has 0 aliphatic rings. The lowest BCUT2D eigenvalue weighted by Crippen LogP contribution is -1.70. The van der Waals surface area contributed by atoms with Crippen molar-refractivity contribution in [3.05, 3.63) is 42.6 Å². The van der Waals surface area contributed by atoms with Gasteiger partial charge in [0.2, 0.25) is 0 Å². The van der Waals surface area contributed by atoms with Gasteiger partial charge in [-0.3, -0.25) is 4.98 Å². The Morgan fingerprint density at radius 2 is 1.32 bits per heavy atom. The number of aromatic nitrogens is 2. The Morgan fingerprint density at radius 3 is 2.00 bits per heavy atom. The van der Waals surface area contributed by atoms with Crippen molar-refractivity contribution < 1.29 is 0 Å². The van der Waals surface area contributed by atoms with E-state index in [0.717, 1.165) is 16.6 Å². The van der Waals surface area contributed by atoms with Crippen molar-refractivity contribution >= 4 is 21.9 Å². The van der Waals surface area contributed by atoms with Gasteiger partial charge < -0.3 is 4.98 Å². The summed E-state index contributed by atoms with van der Waals surface area (Å²) in [6.07, 6.45) is 1.82. The molecule has 2 nitrogen and oxygen atoms in total. The van der Waals surface area contributed by atoms with Gasteiger partial charge in [0.05, 0.1) is 11.0 Å². The highest BCUT2D eigenvalue weighted by Gasteiger charge is 2.01. The number of hydrogen-bond donors (Lipinski definition) is 1. The zero-order valence-electron chi connectivity index (χ0n) is 13.0. The maximum atomic E-state index is 4.34. The van der Waals surface area contributed by atoms with Crippen LogP contribution in [0.1, 0.15) is 41.5 Å². The Bertz CT molecular complexity index is 517. The van der Waals surface area contributed by atoms with Gasteiger partial charge in [0.25, 0.3) is 0 Å². The lowest BCUT2D eigenvalue weighted by Gasteiger charge is -1.86. The van der Waals surface area contributed by atoms with E-state index >= 15 is 0 Å². The van der Waals surface area contributed by atoms with Crippen molar-refractivity contribution in [2.45, 2.75) is 41.5 Å². The van der Waals surface area contributed by atoms with E-state index in [4.69, 9.17) is 0 Å². The quantitative estimate of drug-likeness (QED) is 0.542. The van der Waals surface area contributed by atoms with E-state index in [1.807, 2.05) is 72.0 Å². The van der Waals surface area contributed by atoms with E-state index in [-0.39, 0.29) is 0 Å². The van der Waals surface area contributed by atoms with Gasteiger partial charge in [-0.15, -0.1) is 0 Å². The van der Waals surface area contributed by atoms with Gasteiger partial charge in [0, 0.05) is 17.1 Å². The molecule has 0 aliphatic heterocycles. The molecule has 2 aromatic heterocycles. The number of rotatable bonds is 0. The van der Waals surface area contributed by atoms with Crippen LogP contribution in [-0.2, 0) is 0 Å². The van der Waals surface area contributed by atoms with Gasteiger partial charge in [-0.25, -0.2) is 0 Å². The summed E-state index contributed by atoms with van der Waals surface area (Å²) in [5.74, 6) is 0. The van der Waals surface area contributed by atoms with Crippen LogP contribution >= 0.6 is 0 Å². The van der Waals surface area contributed by atoms with Crippen LogP contribution in [-0.4, -0.2) is 9.97 Å². The molecular weight excluding hydrogens is 232 g/mol. The highest BCUT2D eigenvalue weighted by Crippen LogP contribution is 2.22. The molecule has 2 heterocycles. The van der Waals surface area contributed by atoms with Crippen LogP contribution in [0.25, 0.3) is 21.9 Å². The number of nitrogens with zero attached hydrogens (tertiary/aromatic N) is 1. The second kappa shape index (κ2) is 10.1. The summed E-state index contributed by atoms with van der Waals surface area (Å²) in [7, 11) is 0. The Balaban J connectivity index is 0.000000482. The molecule has 0 saturated heterocycles. The molecule has 19 heavy (non-hydrogen) atoms. The molecule has 1 N–H and O–H groups in total. The predicted octanol–water partition coefficient (Wildman–Crippen LogP) is 5.79. The molecule has 0 amide bonds. The fourth-order valence-electron chi connectivity index (χ4n) is 1.66. The predicted molar refractivity (Wildman–Crippen MR) is 87.6 cm³/mol. The molecule has 0 radical (unpaired) electrons. The first-order valence-corrected chi connectivity index (χ1v) is 7.26. The molecule has 0 aliphatic carbocycles. The van der Waals surface area contributed by atoms with E-state index in [1.54, 1.807) is 0 Å². The Labute approximate surface area is 116 Å². The van der Waals surface area contributed by atoms with Crippen molar-refractivity contribution in [2.24, 2.45) is 0 Å². The average molecular weight is 258 g/mol. The van der Waals surface area contributed by atoms with Crippen LogP contribution < -0.4 is 0 Å². The summed E-state index contributed by atoms with van der Waals surface area (Å²) in [6, 6.07) is 12.2. The summed E-state index contributed by atoms with van der Waals surface area (Å²) < 4.78 is 0. The van der Waals surface area contributed by atoms with Gasteiger partial charge in [-0.05, 0) is 18.2 Å². The minimum Gasteiger partial charge on any atom is -0.353 e. The zero-order valence-corrected chi connectivity index (χ0v) is 13.0. The molecule has 2 heteroatoms. The van der Waals surface area contributed by atoms with Gasteiger partial charge in [0.15, 0.2) is 0 Å². The van der Waals surface area contributed by atoms with E-state index in [2.05, 4.69) is 22.1 Å². The number of benzene rings is 1. The second-order valence-corrected chi connectivity index (χ2v) is 3.07. The van der Waals surface area contributed by atoms with E-state index < -0.39 is 0 Å². The first-order chi connectivity index (χ1) is 9.45. The smallest absolute Gasteiger partial charge is 0.0957 e. The number of hydrogen-bond acceptors (Lipinski definition) is 1. The summed E-state index contributed by atoms with van der Waals surface area (Å²) in [5.41, 5.74) is 3.30. The average Bonchev–Trinajstić information content (AvgIpc) is 2.92. The summed E-state index contributed by atoms with van der Waals surface area (Å²) in [4.78, 5) is 7.65. The molecule has 0 fully saturated rings. The van der Waals surface area contributed by atoms with Crippen LogP contribution in [0.2, 0.25) is 0 Å². The second-order valence-electron chi connectivity index (χ2n) is 3.07. The molecular formula is C17H26N2. The van der Waals surface area contributed by atoms with E-state index in [0.29, 0.717) is 0 Å². The maximum absolute atomic E-state index is 4.34. The molecule has 0 saturated carbocycles. The van der Waals surface area contributed by atoms with Gasteiger partial charge in [-0.2, -0.15) is 0 Å². The normalized spacial score (nSPS) is 8.53. The zero-order chi connectivity index (χ0) is 14.7. The minimum absolute atomic E-state index is 1.05. The Hall–Kier alpha value is -1.83. The van der Waals surface area contributed by atoms with Crippen LogP contribution in [0, 0.1) is 0 Å². The van der Waals surface area contributed by atoms with Crippen molar-refractivity contribution in [3.8, 4) is 0 Å². The fourth-order valence-corrected chi connectivity index (χ4v) is 1.66. The lowest BCUT2D eigenvalue weighted by atomic mass is 10.2. The molecule has 0 spiro atoms. The van der Waals surface area contributed by atoms with Crippen molar-refractivity contribution in [2.75, 3.05) is 0 Å². The van der Waals surface area contributed by atoms with Crippen LogP contribution in [0.5, 0.6) is 0 Å². The van der Waals surface area contributed by atoms with Crippen molar-refractivity contribution in [3.63, 3.8) is 0 Å². The standard InChI is InChI=1S/C11H8N2.3C2H6/c1-2-5-9-8(4-1)11-10(13-9)6-3-7-12-11;3*1-2/h1-7,13H;3*1-2H3. The third-order valence-electron chi connectivity index (χ3n) is 2.26. The molecule has 1 aromatic carbocycles. The van der Waals surface area contributed by atoms with Gasteiger partial charge in [0.1, 0.15) is 0 Å². The largest absolute Gasteiger partial charge is 0.353 e. The number of para-hydroxylation sites is 1. The number of pyridine rings is 1. The molecule has 3 rings (SSSR count). The summed E-state index contributed by atoms with van der Waals surface area (Å²) in [6.45, 7) is 12.0. The molecule has 0 bridgehead atoms. The van der Waals surface area contributed by atoms with Crippen molar-refractivity contribution in [1.29, 1.82) is 0 Å². The Morgan fingerprint density at radius 1 is 0.737 bits per heavy atom. The van der Waals surface area contributed by atoms with E-state index in [9.17, 15) is 0 Å². The molecule has 0 atom stereocenters. The number of aromatic amines is 1. The fraction of sp³-hybridized carbons (Fsp3) is 0.353. The first-order valence-electron chi connectivity index (χ1n) is 7.26. The monoisotopic (exact) mass is 258 g/mol. The Kier molecular flexibility index (Phi) is 9.15. The number of nitrogens with one attached hydrogen (secondary N) is 1. The van der Waals surface area contributed by atoms with Crippen LogP contribution in [0.15, 0.2) is 42.6 Å². The van der Waals surface area contributed by atoms with Gasteiger partial charge in [-0.1, -0.05) is 59.7 Å². The lowest BCUT2D eigenvalue weighted by molar-refractivity contribution is 1.42. The molecule has 3 aromatic rings. The minimum atomic E-state index is 1.05. The third-order valence-corrected chi connectivity index (χ3v) is 2.26. The first kappa shape index (κ1) is 17.2. The SMILES string of the molecule is CC.CC.CC.c1ccc2c(c1)[nH]c1cccnc12. The van der Waals surface area contributed by atoms with E-state index in [1.165, 1.54) is 5.39 Å². The molecule has 0 unspecified atom stereocenters. The van der Waals surface area contributed by atoms with Gasteiger partial charge >= 0.3 is 0 Å². The number of fused-ring (bicyclic) bond motifs is 3. The number of H-pyrrole nitrogens is 1. The summed E-state index contributed by atoms with van der Waals surface area (Å²) >= 11 is 0. The molecule has 104 valence electrons. The van der Waals surface area contributed by atoms with Crippen molar-refractivity contribution in [1.82, 2.24) is 9.97 Å². The maximum Gasteiger partial charge on any atom is 0.0957 e. The topological polar surface area (TPSA) is 28.7 Å². The van der Waals surface area contributed by atoms with Crippen LogP contribution in [0.4, 0.5) is 0 Å². The highest BCUT2D eigenvalue weighted by atomic mass is 14.8. The summed E-state index contributed by atoms with van der Waals surface area (Å²) in [5, 5.41) is 1.19. The highest BCUT2D eigenvalue weighted by molar-refractivity contribution is 6.04. The van der Waals surface area contributed by atoms with Crippen LogP contribution in [0.3, 0.4) is 0 Å².